The Kier molecular flexibility index (Phi) is 3.56. The first kappa shape index (κ1) is 11.8. The van der Waals surface area contributed by atoms with Crippen molar-refractivity contribution in [1.82, 2.24) is 9.88 Å². The normalized spacial score (nSPS) is 14.5. The van der Waals surface area contributed by atoms with Crippen molar-refractivity contribution in [1.29, 1.82) is 0 Å². The second-order valence-corrected chi connectivity index (χ2v) is 4.21. The lowest BCUT2D eigenvalue weighted by molar-refractivity contribution is 0.208. The minimum Gasteiger partial charge on any atom is -0.322 e. The molecule has 1 fully saturated rings. The number of amides is 2. The predicted molar refractivity (Wildman–Crippen MR) is 63.2 cm³/mol. The van der Waals surface area contributed by atoms with E-state index in [4.69, 9.17) is 0 Å². The number of carbonyl (C=O) groups excluding carboxylic acids is 1. The van der Waals surface area contributed by atoms with Crippen LogP contribution in [0.15, 0.2) is 18.5 Å². The summed E-state index contributed by atoms with van der Waals surface area (Å²) < 4.78 is 13.3. The lowest BCUT2D eigenvalue weighted by Crippen LogP contribution is -2.37. The third-order valence-electron chi connectivity index (χ3n) is 2.73. The SMILES string of the molecule is CCCN(C(=O)Nc1ccncc1F)C1CC1. The van der Waals surface area contributed by atoms with Gasteiger partial charge in [0.2, 0.25) is 0 Å². The summed E-state index contributed by atoms with van der Waals surface area (Å²) in [6, 6.07) is 1.57. The molecule has 0 aromatic carbocycles. The average molecular weight is 237 g/mol. The fourth-order valence-corrected chi connectivity index (χ4v) is 1.74. The molecule has 5 heteroatoms. The number of halogens is 1. The number of nitrogens with zero attached hydrogens (tertiary/aromatic N) is 2. The second-order valence-electron chi connectivity index (χ2n) is 4.21. The van der Waals surface area contributed by atoms with Gasteiger partial charge in [-0.05, 0) is 25.3 Å². The molecular formula is C12H16FN3O. The first-order valence-electron chi connectivity index (χ1n) is 5.89. The molecule has 0 aliphatic heterocycles. The molecule has 0 spiro atoms. The van der Waals surface area contributed by atoms with Gasteiger partial charge in [-0.2, -0.15) is 0 Å². The molecule has 1 aliphatic rings. The van der Waals surface area contributed by atoms with Crippen LogP contribution in [0.4, 0.5) is 14.9 Å². The van der Waals surface area contributed by atoms with E-state index in [-0.39, 0.29) is 11.7 Å². The number of pyridine rings is 1. The number of aromatic nitrogens is 1. The van der Waals surface area contributed by atoms with Crippen LogP contribution < -0.4 is 5.32 Å². The van der Waals surface area contributed by atoms with Crippen LogP contribution >= 0.6 is 0 Å². The summed E-state index contributed by atoms with van der Waals surface area (Å²) in [4.78, 5) is 17.4. The molecular weight excluding hydrogens is 221 g/mol. The monoisotopic (exact) mass is 237 g/mol. The van der Waals surface area contributed by atoms with Gasteiger partial charge in [0.25, 0.3) is 0 Å². The van der Waals surface area contributed by atoms with E-state index in [1.54, 1.807) is 4.90 Å². The molecule has 0 radical (unpaired) electrons. The standard InChI is InChI=1S/C12H16FN3O/c1-2-7-16(9-3-4-9)12(17)15-11-5-6-14-8-10(11)13/h5-6,8-9H,2-4,7H2,1H3,(H,14,15,17). The van der Waals surface area contributed by atoms with E-state index >= 15 is 0 Å². The Labute approximate surface area is 99.8 Å². The zero-order valence-electron chi connectivity index (χ0n) is 9.82. The topological polar surface area (TPSA) is 45.2 Å². The molecule has 1 saturated carbocycles. The number of nitrogens with one attached hydrogen (secondary N) is 1. The molecule has 1 aromatic heterocycles. The first-order chi connectivity index (χ1) is 8.22. The molecule has 0 unspecified atom stereocenters. The van der Waals surface area contributed by atoms with Crippen LogP contribution in [0.1, 0.15) is 26.2 Å². The smallest absolute Gasteiger partial charge is 0.322 e. The van der Waals surface area contributed by atoms with Crippen LogP contribution in [0.3, 0.4) is 0 Å². The number of rotatable bonds is 4. The fraction of sp³-hybridized carbons (Fsp3) is 0.500. The predicted octanol–water partition coefficient (Wildman–Crippen LogP) is 2.63. The van der Waals surface area contributed by atoms with E-state index in [1.165, 1.54) is 12.3 Å². The van der Waals surface area contributed by atoms with Gasteiger partial charge in [-0.1, -0.05) is 6.92 Å². The summed E-state index contributed by atoms with van der Waals surface area (Å²) in [5, 5.41) is 2.59. The first-order valence-corrected chi connectivity index (χ1v) is 5.89. The molecule has 4 nitrogen and oxygen atoms in total. The summed E-state index contributed by atoms with van der Waals surface area (Å²) in [6.45, 7) is 2.74. The van der Waals surface area contributed by atoms with Gasteiger partial charge in [-0.15, -0.1) is 0 Å². The molecule has 1 aliphatic carbocycles. The fourth-order valence-electron chi connectivity index (χ4n) is 1.74. The molecule has 17 heavy (non-hydrogen) atoms. The van der Waals surface area contributed by atoms with Crippen molar-refractivity contribution in [3.05, 3.63) is 24.3 Å². The molecule has 0 saturated heterocycles. The van der Waals surface area contributed by atoms with Crippen LogP contribution in [-0.4, -0.2) is 28.5 Å². The van der Waals surface area contributed by atoms with E-state index in [0.29, 0.717) is 12.6 Å². The number of hydrogen-bond acceptors (Lipinski definition) is 2. The van der Waals surface area contributed by atoms with Crippen LogP contribution in [0.5, 0.6) is 0 Å². The molecule has 1 N–H and O–H groups in total. The van der Waals surface area contributed by atoms with Gasteiger partial charge < -0.3 is 10.2 Å². The highest BCUT2D eigenvalue weighted by atomic mass is 19.1. The molecule has 2 amide bonds. The Morgan fingerprint density at radius 1 is 1.65 bits per heavy atom. The molecule has 0 bridgehead atoms. The van der Waals surface area contributed by atoms with Gasteiger partial charge in [0, 0.05) is 18.8 Å². The Hall–Kier alpha value is -1.65. The quantitative estimate of drug-likeness (QED) is 0.874. The van der Waals surface area contributed by atoms with Gasteiger partial charge in [0.05, 0.1) is 11.9 Å². The van der Waals surface area contributed by atoms with Crippen LogP contribution in [-0.2, 0) is 0 Å². The largest absolute Gasteiger partial charge is 0.322 e. The molecule has 2 rings (SSSR count). The Morgan fingerprint density at radius 2 is 2.41 bits per heavy atom. The van der Waals surface area contributed by atoms with Crippen LogP contribution in [0.2, 0.25) is 0 Å². The highest BCUT2D eigenvalue weighted by molar-refractivity contribution is 5.89. The maximum atomic E-state index is 13.3. The maximum absolute atomic E-state index is 13.3. The lowest BCUT2D eigenvalue weighted by atomic mass is 10.3. The van der Waals surface area contributed by atoms with Gasteiger partial charge >= 0.3 is 6.03 Å². The van der Waals surface area contributed by atoms with Crippen molar-refractivity contribution in [2.24, 2.45) is 0 Å². The van der Waals surface area contributed by atoms with Gasteiger partial charge in [-0.25, -0.2) is 9.18 Å². The zero-order chi connectivity index (χ0) is 12.3. The van der Waals surface area contributed by atoms with Gasteiger partial charge in [0.1, 0.15) is 0 Å². The Morgan fingerprint density at radius 3 is 3.00 bits per heavy atom. The molecule has 1 heterocycles. The van der Waals surface area contributed by atoms with Crippen molar-refractivity contribution in [3.63, 3.8) is 0 Å². The van der Waals surface area contributed by atoms with Crippen LogP contribution in [0, 0.1) is 5.82 Å². The number of anilines is 1. The Balaban J connectivity index is 2.02. The van der Waals surface area contributed by atoms with Crippen LogP contribution in [0.25, 0.3) is 0 Å². The third-order valence-corrected chi connectivity index (χ3v) is 2.73. The molecule has 1 aromatic rings. The van der Waals surface area contributed by atoms with Gasteiger partial charge in [0.15, 0.2) is 5.82 Å². The third kappa shape index (κ3) is 2.93. The summed E-state index contributed by atoms with van der Waals surface area (Å²) >= 11 is 0. The highest BCUT2D eigenvalue weighted by Gasteiger charge is 2.32. The van der Waals surface area contributed by atoms with Crippen molar-refractivity contribution in [3.8, 4) is 0 Å². The van der Waals surface area contributed by atoms with Crippen molar-refractivity contribution in [2.45, 2.75) is 32.2 Å². The average Bonchev–Trinajstić information content (AvgIpc) is 3.13. The van der Waals surface area contributed by atoms with Crippen molar-refractivity contribution >= 4 is 11.7 Å². The lowest BCUT2D eigenvalue weighted by Gasteiger charge is -2.22. The Bertz CT molecular complexity index is 406. The maximum Gasteiger partial charge on any atom is 0.322 e. The molecule has 0 atom stereocenters. The van der Waals surface area contributed by atoms with E-state index in [1.807, 2.05) is 6.92 Å². The van der Waals surface area contributed by atoms with Crippen molar-refractivity contribution < 1.29 is 9.18 Å². The van der Waals surface area contributed by atoms with Crippen molar-refractivity contribution in [2.75, 3.05) is 11.9 Å². The summed E-state index contributed by atoms with van der Waals surface area (Å²) in [6.07, 6.45) is 5.55. The summed E-state index contributed by atoms with van der Waals surface area (Å²) in [5.41, 5.74) is 0.187. The zero-order valence-corrected chi connectivity index (χ0v) is 9.82. The highest BCUT2D eigenvalue weighted by Crippen LogP contribution is 2.27. The number of hydrogen-bond donors (Lipinski definition) is 1. The number of urea groups is 1. The minimum absolute atomic E-state index is 0.187. The molecule has 92 valence electrons. The van der Waals surface area contributed by atoms with E-state index in [2.05, 4.69) is 10.3 Å². The van der Waals surface area contributed by atoms with E-state index in [9.17, 15) is 9.18 Å². The van der Waals surface area contributed by atoms with E-state index < -0.39 is 5.82 Å². The summed E-state index contributed by atoms with van der Waals surface area (Å²) in [7, 11) is 0. The van der Waals surface area contributed by atoms with E-state index in [0.717, 1.165) is 25.5 Å². The second kappa shape index (κ2) is 5.12. The van der Waals surface area contributed by atoms with Gasteiger partial charge in [-0.3, -0.25) is 4.98 Å². The summed E-state index contributed by atoms with van der Waals surface area (Å²) in [5.74, 6) is -0.506. The minimum atomic E-state index is -0.506. The number of carbonyl (C=O) groups is 1.